The molecule has 4 nitrogen and oxygen atoms in total. The zero-order chi connectivity index (χ0) is 10.7. The molecule has 0 aliphatic heterocycles. The first-order valence-corrected chi connectivity index (χ1v) is 4.05. The summed E-state index contributed by atoms with van der Waals surface area (Å²) in [7, 11) is 1.31. The van der Waals surface area contributed by atoms with E-state index < -0.39 is 11.9 Å². The molecule has 14 heavy (non-hydrogen) atoms. The molecule has 0 radical (unpaired) electrons. The molecule has 0 fully saturated rings. The summed E-state index contributed by atoms with van der Waals surface area (Å²) in [5.41, 5.74) is 6.59. The second-order valence-electron chi connectivity index (χ2n) is 2.89. The summed E-state index contributed by atoms with van der Waals surface area (Å²) in [4.78, 5) is 22.0. The molecule has 0 saturated carbocycles. The smallest absolute Gasteiger partial charge is 0.338 e. The summed E-state index contributed by atoms with van der Waals surface area (Å²) in [5.74, 6) is -0.928. The van der Waals surface area contributed by atoms with Crippen molar-refractivity contribution in [2.75, 3.05) is 7.11 Å². The maximum absolute atomic E-state index is 11.2. The van der Waals surface area contributed by atoms with E-state index in [1.807, 2.05) is 0 Å². The van der Waals surface area contributed by atoms with Crippen LogP contribution in [0, 0.1) is 6.92 Å². The van der Waals surface area contributed by atoms with Gasteiger partial charge in [-0.15, -0.1) is 0 Å². The lowest BCUT2D eigenvalue weighted by Gasteiger charge is -2.04. The van der Waals surface area contributed by atoms with Crippen molar-refractivity contribution in [2.24, 2.45) is 5.73 Å². The third-order valence-electron chi connectivity index (χ3n) is 1.92. The maximum atomic E-state index is 11.2. The fourth-order valence-corrected chi connectivity index (χ4v) is 1.16. The first-order valence-electron chi connectivity index (χ1n) is 4.05. The van der Waals surface area contributed by atoms with Gasteiger partial charge in [-0.1, -0.05) is 0 Å². The largest absolute Gasteiger partial charge is 0.465 e. The summed E-state index contributed by atoms with van der Waals surface area (Å²) in [6.07, 6.45) is 0. The van der Waals surface area contributed by atoms with Crippen LogP contribution in [0.2, 0.25) is 0 Å². The number of carbonyl (C=O) groups excluding carboxylic acids is 2. The van der Waals surface area contributed by atoms with Crippen LogP contribution in [-0.2, 0) is 4.74 Å². The zero-order valence-corrected chi connectivity index (χ0v) is 8.03. The van der Waals surface area contributed by atoms with Crippen LogP contribution < -0.4 is 5.73 Å². The van der Waals surface area contributed by atoms with Crippen LogP contribution in [0.25, 0.3) is 0 Å². The average molecular weight is 193 g/mol. The SMILES string of the molecule is COC(=O)c1ccc(C(N)=O)cc1C. The molecule has 0 aromatic heterocycles. The summed E-state index contributed by atoms with van der Waals surface area (Å²) < 4.78 is 4.56. The first-order chi connectivity index (χ1) is 6.56. The Morgan fingerprint density at radius 1 is 1.36 bits per heavy atom. The number of methoxy groups -OCH3 is 1. The van der Waals surface area contributed by atoms with Crippen LogP contribution in [0.4, 0.5) is 0 Å². The van der Waals surface area contributed by atoms with E-state index in [-0.39, 0.29) is 0 Å². The second-order valence-corrected chi connectivity index (χ2v) is 2.89. The molecule has 1 rings (SSSR count). The first kappa shape index (κ1) is 10.2. The minimum absolute atomic E-state index is 0.384. The summed E-state index contributed by atoms with van der Waals surface area (Å²) in [6.45, 7) is 1.72. The molecule has 0 atom stereocenters. The Hall–Kier alpha value is -1.84. The molecule has 0 aliphatic carbocycles. The van der Waals surface area contributed by atoms with Gasteiger partial charge in [-0.3, -0.25) is 4.79 Å². The van der Waals surface area contributed by atoms with Gasteiger partial charge in [0.1, 0.15) is 0 Å². The fraction of sp³-hybridized carbons (Fsp3) is 0.200. The molecule has 4 heteroatoms. The molecule has 0 heterocycles. The molecule has 0 aliphatic rings. The molecular formula is C10H11NO3. The molecule has 0 spiro atoms. The molecule has 0 bridgehead atoms. The zero-order valence-electron chi connectivity index (χ0n) is 8.03. The van der Waals surface area contributed by atoms with Gasteiger partial charge in [-0.05, 0) is 30.7 Å². The number of primary amides is 1. The number of rotatable bonds is 2. The number of aryl methyl sites for hydroxylation is 1. The number of carbonyl (C=O) groups is 2. The Balaban J connectivity index is 3.14. The van der Waals surface area contributed by atoms with E-state index in [4.69, 9.17) is 5.73 Å². The van der Waals surface area contributed by atoms with Gasteiger partial charge in [0.25, 0.3) is 0 Å². The topological polar surface area (TPSA) is 69.4 Å². The molecule has 1 aromatic rings. The van der Waals surface area contributed by atoms with E-state index in [2.05, 4.69) is 4.74 Å². The fourth-order valence-electron chi connectivity index (χ4n) is 1.16. The quantitative estimate of drug-likeness (QED) is 0.709. The van der Waals surface area contributed by atoms with Crippen LogP contribution in [0.15, 0.2) is 18.2 Å². The third kappa shape index (κ3) is 1.90. The van der Waals surface area contributed by atoms with Crippen LogP contribution in [0.1, 0.15) is 26.3 Å². The standard InChI is InChI=1S/C10H11NO3/c1-6-5-7(9(11)12)3-4-8(6)10(13)14-2/h3-5H,1-2H3,(H2,11,12). The summed E-state index contributed by atoms with van der Waals surface area (Å²) in [5, 5.41) is 0. The van der Waals surface area contributed by atoms with E-state index in [9.17, 15) is 9.59 Å². The highest BCUT2D eigenvalue weighted by molar-refractivity contribution is 5.96. The number of amides is 1. The monoisotopic (exact) mass is 193 g/mol. The Labute approximate surface area is 81.7 Å². The molecule has 0 saturated heterocycles. The van der Waals surface area contributed by atoms with Crippen molar-refractivity contribution in [3.8, 4) is 0 Å². The molecular weight excluding hydrogens is 182 g/mol. The van der Waals surface area contributed by atoms with E-state index in [0.29, 0.717) is 16.7 Å². The van der Waals surface area contributed by atoms with Crippen molar-refractivity contribution < 1.29 is 14.3 Å². The van der Waals surface area contributed by atoms with Gasteiger partial charge in [0.2, 0.25) is 5.91 Å². The molecule has 1 amide bonds. The lowest BCUT2D eigenvalue weighted by Crippen LogP contribution is -2.12. The van der Waals surface area contributed by atoms with Gasteiger partial charge in [-0.2, -0.15) is 0 Å². The van der Waals surface area contributed by atoms with E-state index in [1.54, 1.807) is 13.0 Å². The van der Waals surface area contributed by atoms with Gasteiger partial charge in [-0.25, -0.2) is 4.79 Å². The minimum atomic E-state index is -0.510. The van der Waals surface area contributed by atoms with Crippen molar-refractivity contribution >= 4 is 11.9 Å². The number of hydrogen-bond acceptors (Lipinski definition) is 3. The van der Waals surface area contributed by atoms with Gasteiger partial charge >= 0.3 is 5.97 Å². The van der Waals surface area contributed by atoms with Crippen LogP contribution in [0.5, 0.6) is 0 Å². The van der Waals surface area contributed by atoms with E-state index >= 15 is 0 Å². The molecule has 2 N–H and O–H groups in total. The highest BCUT2D eigenvalue weighted by Gasteiger charge is 2.10. The number of benzene rings is 1. The summed E-state index contributed by atoms with van der Waals surface area (Å²) >= 11 is 0. The van der Waals surface area contributed by atoms with Gasteiger partial charge in [0.15, 0.2) is 0 Å². The Morgan fingerprint density at radius 3 is 2.43 bits per heavy atom. The van der Waals surface area contributed by atoms with Crippen molar-refractivity contribution in [1.82, 2.24) is 0 Å². The van der Waals surface area contributed by atoms with Crippen molar-refractivity contribution in [2.45, 2.75) is 6.92 Å². The second kappa shape index (κ2) is 3.91. The Bertz CT molecular complexity index is 385. The Kier molecular flexibility index (Phi) is 2.86. The van der Waals surface area contributed by atoms with Crippen molar-refractivity contribution in [3.05, 3.63) is 34.9 Å². The highest BCUT2D eigenvalue weighted by Crippen LogP contribution is 2.11. The van der Waals surface area contributed by atoms with Crippen LogP contribution >= 0.6 is 0 Å². The van der Waals surface area contributed by atoms with Crippen molar-refractivity contribution in [3.63, 3.8) is 0 Å². The average Bonchev–Trinajstić information content (AvgIpc) is 2.16. The number of ether oxygens (including phenoxy) is 1. The lowest BCUT2D eigenvalue weighted by atomic mass is 10.1. The predicted octanol–water partition coefficient (Wildman–Crippen LogP) is 0.881. The maximum Gasteiger partial charge on any atom is 0.338 e. The minimum Gasteiger partial charge on any atom is -0.465 e. The van der Waals surface area contributed by atoms with Crippen LogP contribution in [-0.4, -0.2) is 19.0 Å². The van der Waals surface area contributed by atoms with E-state index in [1.165, 1.54) is 19.2 Å². The number of hydrogen-bond donors (Lipinski definition) is 1. The van der Waals surface area contributed by atoms with Gasteiger partial charge in [0.05, 0.1) is 12.7 Å². The third-order valence-corrected chi connectivity index (χ3v) is 1.92. The number of esters is 1. The molecule has 0 unspecified atom stereocenters. The predicted molar refractivity (Wildman–Crippen MR) is 51.0 cm³/mol. The normalized spacial score (nSPS) is 9.57. The van der Waals surface area contributed by atoms with Gasteiger partial charge in [0, 0.05) is 5.56 Å². The van der Waals surface area contributed by atoms with Crippen LogP contribution in [0.3, 0.4) is 0 Å². The van der Waals surface area contributed by atoms with E-state index in [0.717, 1.165) is 0 Å². The van der Waals surface area contributed by atoms with Gasteiger partial charge < -0.3 is 10.5 Å². The lowest BCUT2D eigenvalue weighted by molar-refractivity contribution is 0.0599. The highest BCUT2D eigenvalue weighted by atomic mass is 16.5. The summed E-state index contributed by atoms with van der Waals surface area (Å²) in [6, 6.07) is 4.59. The number of nitrogens with two attached hydrogens (primary N) is 1. The van der Waals surface area contributed by atoms with Crippen molar-refractivity contribution in [1.29, 1.82) is 0 Å². The molecule has 74 valence electrons. The Morgan fingerprint density at radius 2 is 2.00 bits per heavy atom. The molecule has 1 aromatic carbocycles.